The van der Waals surface area contributed by atoms with E-state index >= 15 is 0 Å². The van der Waals surface area contributed by atoms with E-state index in [1.165, 1.54) is 5.57 Å². The number of aryl methyl sites for hydroxylation is 1. The molecule has 1 aromatic carbocycles. The molecule has 0 bridgehead atoms. The molecule has 1 aromatic heterocycles. The predicted molar refractivity (Wildman–Crippen MR) is 156 cm³/mol. The fourth-order valence-corrected chi connectivity index (χ4v) is 4.49. The van der Waals surface area contributed by atoms with Crippen molar-refractivity contribution in [2.45, 2.75) is 58.8 Å². The van der Waals surface area contributed by atoms with Gasteiger partial charge in [-0.2, -0.15) is 5.21 Å². The molecular formula is C29H46N8O2. The Morgan fingerprint density at radius 1 is 1.21 bits per heavy atom. The summed E-state index contributed by atoms with van der Waals surface area (Å²) in [6, 6.07) is 5.94. The highest BCUT2D eigenvalue weighted by Gasteiger charge is 2.35. The molecule has 0 aliphatic heterocycles. The molecule has 10 heteroatoms. The molecule has 2 aromatic rings. The second-order valence-corrected chi connectivity index (χ2v) is 10.2. The van der Waals surface area contributed by atoms with Gasteiger partial charge in [0.25, 0.3) is 5.91 Å². The molecule has 0 saturated heterocycles. The number of H-pyrrole nitrogens is 1. The molecule has 0 aliphatic carbocycles. The van der Waals surface area contributed by atoms with Crippen LogP contribution in [0.5, 0.6) is 0 Å². The minimum absolute atomic E-state index is 0.0720. The summed E-state index contributed by atoms with van der Waals surface area (Å²) in [4.78, 5) is 27.0. The fraction of sp³-hybridized carbons (Fsp3) is 0.552. The van der Waals surface area contributed by atoms with E-state index in [1.807, 2.05) is 57.1 Å². The van der Waals surface area contributed by atoms with Crippen LogP contribution >= 0.6 is 0 Å². The third kappa shape index (κ3) is 9.40. The van der Waals surface area contributed by atoms with Gasteiger partial charge in [0.1, 0.15) is 0 Å². The molecule has 0 aliphatic rings. The van der Waals surface area contributed by atoms with Crippen molar-refractivity contribution in [3.63, 3.8) is 0 Å². The molecular weight excluding hydrogens is 492 g/mol. The molecule has 1 atom stereocenters. The largest absolute Gasteiger partial charge is 0.355 e. The van der Waals surface area contributed by atoms with E-state index in [0.29, 0.717) is 29.9 Å². The Kier molecular flexibility index (Phi) is 13.0. The van der Waals surface area contributed by atoms with Crippen molar-refractivity contribution in [1.82, 2.24) is 41.5 Å². The summed E-state index contributed by atoms with van der Waals surface area (Å²) in [5.41, 5.74) is 4.20. The summed E-state index contributed by atoms with van der Waals surface area (Å²) in [6.07, 6.45) is 7.06. The Morgan fingerprint density at radius 3 is 2.59 bits per heavy atom. The standard InChI is InChI=1S/C29H46N8O2/c1-8-22(11-10-21(3)26(38)30-5)12-13-23-20-24(27(39)32-18-19-37(6)7)14-15-25(23)29(4,16-17-31-9-2)28-33-35-36-34-28/h8,10,14-15,20,31H,9,11-13,16-19H2,1-7H3,(H,30,38)(H,32,39)(H,33,34,35,36)/b21-10+,22-8+. The average molecular weight is 539 g/mol. The number of rotatable bonds is 16. The maximum atomic E-state index is 13.0. The molecule has 2 amide bonds. The monoisotopic (exact) mass is 538 g/mol. The van der Waals surface area contributed by atoms with Gasteiger partial charge < -0.3 is 20.9 Å². The summed E-state index contributed by atoms with van der Waals surface area (Å²) >= 11 is 0. The van der Waals surface area contributed by atoms with Gasteiger partial charge >= 0.3 is 0 Å². The molecule has 0 fully saturated rings. The van der Waals surface area contributed by atoms with Crippen LogP contribution in [0.2, 0.25) is 0 Å². The van der Waals surface area contributed by atoms with Gasteiger partial charge in [0.2, 0.25) is 5.91 Å². The quantitative estimate of drug-likeness (QED) is 0.147. The van der Waals surface area contributed by atoms with E-state index in [-0.39, 0.29) is 11.8 Å². The second-order valence-electron chi connectivity index (χ2n) is 10.2. The molecule has 1 unspecified atom stereocenters. The van der Waals surface area contributed by atoms with Crippen LogP contribution in [0.15, 0.2) is 41.5 Å². The lowest BCUT2D eigenvalue weighted by molar-refractivity contribution is -0.117. The average Bonchev–Trinajstić information content (AvgIpc) is 3.48. The van der Waals surface area contributed by atoms with Crippen molar-refractivity contribution in [2.24, 2.45) is 0 Å². The number of amides is 2. The first-order valence-electron chi connectivity index (χ1n) is 13.7. The zero-order valence-electron chi connectivity index (χ0n) is 24.6. The summed E-state index contributed by atoms with van der Waals surface area (Å²) in [5.74, 6) is 0.464. The van der Waals surface area contributed by atoms with Crippen LogP contribution < -0.4 is 16.0 Å². The Morgan fingerprint density at radius 2 is 1.97 bits per heavy atom. The summed E-state index contributed by atoms with van der Waals surface area (Å²) in [6.45, 7) is 11.1. The van der Waals surface area contributed by atoms with Crippen molar-refractivity contribution in [3.05, 3.63) is 64.0 Å². The van der Waals surface area contributed by atoms with Gasteiger partial charge in [-0.1, -0.05) is 35.9 Å². The number of carbonyl (C=O) groups is 2. The molecule has 0 spiro atoms. The van der Waals surface area contributed by atoms with Gasteiger partial charge in [0, 0.05) is 31.3 Å². The highest BCUT2D eigenvalue weighted by atomic mass is 16.2. The minimum Gasteiger partial charge on any atom is -0.355 e. The van der Waals surface area contributed by atoms with Gasteiger partial charge in [-0.05, 0) is 96.9 Å². The maximum Gasteiger partial charge on any atom is 0.251 e. The van der Waals surface area contributed by atoms with Gasteiger partial charge in [0.15, 0.2) is 5.82 Å². The smallest absolute Gasteiger partial charge is 0.251 e. The Bertz CT molecular complexity index is 1120. The number of nitrogens with zero attached hydrogens (tertiary/aromatic N) is 4. The number of hydrogen-bond donors (Lipinski definition) is 4. The third-order valence-corrected chi connectivity index (χ3v) is 7.08. The molecule has 0 saturated carbocycles. The zero-order valence-corrected chi connectivity index (χ0v) is 24.6. The van der Waals surface area contributed by atoms with Crippen LogP contribution in [0.1, 0.15) is 74.3 Å². The number of carbonyl (C=O) groups excluding carboxylic acids is 2. The van der Waals surface area contributed by atoms with E-state index in [9.17, 15) is 9.59 Å². The Labute approximate surface area is 233 Å². The SMILES string of the molecule is C/C=C(\C/C=C(\C)C(=O)NC)CCc1cc(C(=O)NCCN(C)C)ccc1C(C)(CCNCC)c1nn[nH]n1. The number of tetrazole rings is 1. The van der Waals surface area contributed by atoms with E-state index < -0.39 is 5.41 Å². The number of aromatic amines is 1. The second kappa shape index (κ2) is 15.9. The Hall–Kier alpha value is -3.37. The van der Waals surface area contributed by atoms with Crippen LogP contribution in [0, 0.1) is 0 Å². The van der Waals surface area contributed by atoms with Crippen molar-refractivity contribution < 1.29 is 9.59 Å². The number of likely N-dealkylation sites (N-methyl/N-ethyl adjacent to an activating group) is 2. The van der Waals surface area contributed by atoms with Crippen molar-refractivity contribution in [3.8, 4) is 0 Å². The Balaban J connectivity index is 2.42. The van der Waals surface area contributed by atoms with Crippen LogP contribution in [0.3, 0.4) is 0 Å². The first-order chi connectivity index (χ1) is 18.7. The number of allylic oxidation sites excluding steroid dienone is 3. The highest BCUT2D eigenvalue weighted by molar-refractivity contribution is 5.94. The topological polar surface area (TPSA) is 128 Å². The first-order valence-corrected chi connectivity index (χ1v) is 13.7. The molecule has 0 radical (unpaired) electrons. The fourth-order valence-electron chi connectivity index (χ4n) is 4.49. The molecule has 4 N–H and O–H groups in total. The van der Waals surface area contributed by atoms with E-state index in [0.717, 1.165) is 50.0 Å². The van der Waals surface area contributed by atoms with Crippen LogP contribution in [-0.4, -0.2) is 84.7 Å². The number of benzene rings is 1. The van der Waals surface area contributed by atoms with Crippen LogP contribution in [0.25, 0.3) is 0 Å². The summed E-state index contributed by atoms with van der Waals surface area (Å²) < 4.78 is 0. The maximum absolute atomic E-state index is 13.0. The number of aromatic nitrogens is 4. The third-order valence-electron chi connectivity index (χ3n) is 7.08. The van der Waals surface area contributed by atoms with E-state index in [1.54, 1.807) is 7.05 Å². The lowest BCUT2D eigenvalue weighted by Gasteiger charge is -2.30. The summed E-state index contributed by atoms with van der Waals surface area (Å²) in [7, 11) is 5.60. The lowest BCUT2D eigenvalue weighted by atomic mass is 9.75. The van der Waals surface area contributed by atoms with Crippen LogP contribution in [-0.2, 0) is 16.6 Å². The van der Waals surface area contributed by atoms with Crippen molar-refractivity contribution in [1.29, 1.82) is 0 Å². The number of nitrogens with one attached hydrogen (secondary N) is 4. The van der Waals surface area contributed by atoms with Gasteiger partial charge in [-0.15, -0.1) is 10.2 Å². The molecule has 2 rings (SSSR count). The summed E-state index contributed by atoms with van der Waals surface area (Å²) in [5, 5.41) is 24.3. The molecule has 10 nitrogen and oxygen atoms in total. The van der Waals surface area contributed by atoms with E-state index in [2.05, 4.69) is 56.5 Å². The van der Waals surface area contributed by atoms with Gasteiger partial charge in [-0.25, -0.2) is 0 Å². The van der Waals surface area contributed by atoms with Gasteiger partial charge in [0.05, 0.1) is 5.41 Å². The number of hydrogen-bond acceptors (Lipinski definition) is 7. The molecule has 214 valence electrons. The van der Waals surface area contributed by atoms with E-state index in [4.69, 9.17) is 0 Å². The van der Waals surface area contributed by atoms with Crippen molar-refractivity contribution >= 4 is 11.8 Å². The van der Waals surface area contributed by atoms with Crippen LogP contribution in [0.4, 0.5) is 0 Å². The molecule has 1 heterocycles. The predicted octanol–water partition coefficient (Wildman–Crippen LogP) is 2.76. The first kappa shape index (κ1) is 31.8. The zero-order chi connectivity index (χ0) is 28.8. The normalized spacial score (nSPS) is 13.8. The van der Waals surface area contributed by atoms with Gasteiger partial charge in [-0.3, -0.25) is 9.59 Å². The minimum atomic E-state index is -0.504. The highest BCUT2D eigenvalue weighted by Crippen LogP contribution is 2.36. The van der Waals surface area contributed by atoms with Crippen molar-refractivity contribution in [2.75, 3.05) is 47.3 Å². The lowest BCUT2D eigenvalue weighted by Crippen LogP contribution is -2.33. The molecule has 39 heavy (non-hydrogen) atoms.